The molecule has 2 aromatic rings. The smallest absolute Gasteiger partial charge is 0.263 e. The number of rotatable bonds is 8. The molecule has 2 aromatic carbocycles. The number of sulfonamides is 1. The van der Waals surface area contributed by atoms with E-state index < -0.39 is 16.1 Å². The highest BCUT2D eigenvalue weighted by molar-refractivity contribution is 7.92. The fraction of sp³-hybridized carbons (Fsp3) is 0.409. The molecule has 1 amide bonds. The van der Waals surface area contributed by atoms with Gasteiger partial charge < -0.3 is 15.0 Å². The monoisotopic (exact) mass is 431 g/mol. The fourth-order valence-corrected chi connectivity index (χ4v) is 4.60. The number of benzene rings is 2. The Morgan fingerprint density at radius 3 is 2.40 bits per heavy atom. The van der Waals surface area contributed by atoms with E-state index in [0.717, 1.165) is 24.3 Å². The van der Waals surface area contributed by atoms with Crippen LogP contribution in [-0.4, -0.2) is 45.8 Å². The summed E-state index contributed by atoms with van der Waals surface area (Å²) in [5.41, 5.74) is 2.58. The normalized spacial score (nSPS) is 15.8. The topological polar surface area (TPSA) is 79.0 Å². The standard InChI is InChI=1S/C22H29N3O4S/c1-4-24(5-2)18-13-11-17(12-14-18)15-23-22(26)21-16-25(30(27,28)6-3)19-9-7-8-10-20(19)29-21/h7-14,21H,4-6,15-16H2,1-3H3,(H,23,26)/t21-/m0/s1. The summed E-state index contributed by atoms with van der Waals surface area (Å²) in [5.74, 6) is 0.00676. The van der Waals surface area contributed by atoms with Crippen molar-refractivity contribution in [3.8, 4) is 5.75 Å². The highest BCUT2D eigenvalue weighted by Gasteiger charge is 2.35. The number of anilines is 2. The minimum absolute atomic E-state index is 0.0417. The first-order valence-electron chi connectivity index (χ1n) is 10.3. The summed E-state index contributed by atoms with van der Waals surface area (Å²) in [6.45, 7) is 7.99. The maximum absolute atomic E-state index is 12.7. The van der Waals surface area contributed by atoms with E-state index in [4.69, 9.17) is 4.74 Å². The van der Waals surface area contributed by atoms with Crippen LogP contribution in [0.2, 0.25) is 0 Å². The van der Waals surface area contributed by atoms with Gasteiger partial charge in [-0.3, -0.25) is 9.10 Å². The molecule has 0 unspecified atom stereocenters. The molecule has 0 fully saturated rings. The van der Waals surface area contributed by atoms with Crippen LogP contribution in [0, 0.1) is 0 Å². The number of nitrogens with one attached hydrogen (secondary N) is 1. The van der Waals surface area contributed by atoms with E-state index in [1.807, 2.05) is 24.3 Å². The Bertz CT molecular complexity index is 972. The van der Waals surface area contributed by atoms with Crippen molar-refractivity contribution in [3.63, 3.8) is 0 Å². The van der Waals surface area contributed by atoms with E-state index in [0.29, 0.717) is 18.0 Å². The Morgan fingerprint density at radius 2 is 1.77 bits per heavy atom. The molecule has 0 aromatic heterocycles. The molecule has 30 heavy (non-hydrogen) atoms. The molecule has 1 N–H and O–H groups in total. The van der Waals surface area contributed by atoms with Gasteiger partial charge in [0.2, 0.25) is 10.0 Å². The van der Waals surface area contributed by atoms with Crippen molar-refractivity contribution in [2.24, 2.45) is 0 Å². The average Bonchev–Trinajstić information content (AvgIpc) is 2.78. The predicted molar refractivity (Wildman–Crippen MR) is 120 cm³/mol. The van der Waals surface area contributed by atoms with Crippen LogP contribution in [0.1, 0.15) is 26.3 Å². The van der Waals surface area contributed by atoms with Crippen molar-refractivity contribution in [3.05, 3.63) is 54.1 Å². The SMILES string of the molecule is CCN(CC)c1ccc(CNC(=O)[C@@H]2CN(S(=O)(=O)CC)c3ccccc3O2)cc1. The summed E-state index contributed by atoms with van der Waals surface area (Å²) in [7, 11) is -3.52. The van der Waals surface area contributed by atoms with E-state index in [2.05, 4.69) is 24.1 Å². The Morgan fingerprint density at radius 1 is 1.10 bits per heavy atom. The Labute approximate surface area is 178 Å². The maximum Gasteiger partial charge on any atom is 0.263 e. The van der Waals surface area contributed by atoms with Crippen molar-refractivity contribution in [2.45, 2.75) is 33.4 Å². The molecule has 7 nitrogen and oxygen atoms in total. The molecule has 1 heterocycles. The first-order valence-corrected chi connectivity index (χ1v) is 11.9. The number of nitrogens with zero attached hydrogens (tertiary/aromatic N) is 2. The summed E-state index contributed by atoms with van der Waals surface area (Å²) in [4.78, 5) is 15.0. The van der Waals surface area contributed by atoms with Gasteiger partial charge in [-0.05, 0) is 50.6 Å². The molecule has 1 aliphatic heterocycles. The number of hydrogen-bond donors (Lipinski definition) is 1. The van der Waals surface area contributed by atoms with E-state index in [-0.39, 0.29) is 18.2 Å². The number of carbonyl (C=O) groups excluding carboxylic acids is 1. The van der Waals surface area contributed by atoms with Gasteiger partial charge in [0, 0.05) is 25.3 Å². The van der Waals surface area contributed by atoms with Gasteiger partial charge in [0.15, 0.2) is 6.10 Å². The van der Waals surface area contributed by atoms with E-state index >= 15 is 0 Å². The first-order chi connectivity index (χ1) is 14.4. The largest absolute Gasteiger partial charge is 0.476 e. The Hall–Kier alpha value is -2.74. The molecule has 0 radical (unpaired) electrons. The third kappa shape index (κ3) is 4.70. The maximum atomic E-state index is 12.7. The van der Waals surface area contributed by atoms with Crippen molar-refractivity contribution < 1.29 is 17.9 Å². The van der Waals surface area contributed by atoms with Crippen LogP contribution in [0.25, 0.3) is 0 Å². The summed E-state index contributed by atoms with van der Waals surface area (Å²) in [6, 6.07) is 14.9. The van der Waals surface area contributed by atoms with Crippen molar-refractivity contribution >= 4 is 27.3 Å². The summed E-state index contributed by atoms with van der Waals surface area (Å²) < 4.78 is 32.2. The van der Waals surface area contributed by atoms with Crippen LogP contribution in [0.4, 0.5) is 11.4 Å². The van der Waals surface area contributed by atoms with Crippen molar-refractivity contribution in [1.29, 1.82) is 0 Å². The minimum atomic E-state index is -3.52. The van der Waals surface area contributed by atoms with Gasteiger partial charge in [-0.1, -0.05) is 24.3 Å². The van der Waals surface area contributed by atoms with Crippen LogP contribution in [0.5, 0.6) is 5.75 Å². The molecule has 1 aliphatic rings. The van der Waals surface area contributed by atoms with Crippen LogP contribution >= 0.6 is 0 Å². The molecule has 8 heteroatoms. The number of para-hydroxylation sites is 2. The Balaban J connectivity index is 1.69. The van der Waals surface area contributed by atoms with Crippen molar-refractivity contribution in [2.75, 3.05) is 34.6 Å². The quantitative estimate of drug-likeness (QED) is 0.695. The molecule has 162 valence electrons. The lowest BCUT2D eigenvalue weighted by molar-refractivity contribution is -0.127. The number of carbonyl (C=O) groups is 1. The highest BCUT2D eigenvalue weighted by atomic mass is 32.2. The van der Waals surface area contributed by atoms with Gasteiger partial charge in [-0.25, -0.2) is 8.42 Å². The van der Waals surface area contributed by atoms with Gasteiger partial charge >= 0.3 is 0 Å². The second-order valence-electron chi connectivity index (χ2n) is 7.06. The third-order valence-electron chi connectivity index (χ3n) is 5.26. The second kappa shape index (κ2) is 9.38. The van der Waals surface area contributed by atoms with Gasteiger partial charge in [0.25, 0.3) is 5.91 Å². The van der Waals surface area contributed by atoms with Gasteiger partial charge in [0.1, 0.15) is 5.75 Å². The van der Waals surface area contributed by atoms with Gasteiger partial charge in [0.05, 0.1) is 18.0 Å². The van der Waals surface area contributed by atoms with E-state index in [1.54, 1.807) is 31.2 Å². The Kier molecular flexibility index (Phi) is 6.87. The van der Waals surface area contributed by atoms with Crippen molar-refractivity contribution in [1.82, 2.24) is 5.32 Å². The zero-order chi connectivity index (χ0) is 21.7. The lowest BCUT2D eigenvalue weighted by atomic mass is 10.1. The van der Waals surface area contributed by atoms with Gasteiger partial charge in [-0.2, -0.15) is 0 Å². The third-order valence-corrected chi connectivity index (χ3v) is 7.01. The highest BCUT2D eigenvalue weighted by Crippen LogP contribution is 2.35. The first kappa shape index (κ1) is 22.0. The summed E-state index contributed by atoms with van der Waals surface area (Å²) in [5, 5.41) is 2.87. The molecule has 0 spiro atoms. The van der Waals surface area contributed by atoms with Crippen LogP contribution in [-0.2, 0) is 21.4 Å². The number of fused-ring (bicyclic) bond motifs is 1. The molecular weight excluding hydrogens is 402 g/mol. The van der Waals surface area contributed by atoms with Crippen LogP contribution < -0.4 is 19.3 Å². The number of ether oxygens (including phenoxy) is 1. The number of amides is 1. The molecule has 0 aliphatic carbocycles. The average molecular weight is 432 g/mol. The van der Waals surface area contributed by atoms with Crippen LogP contribution in [0.3, 0.4) is 0 Å². The van der Waals surface area contributed by atoms with E-state index in [1.165, 1.54) is 4.31 Å². The predicted octanol–water partition coefficient (Wildman–Crippen LogP) is 2.77. The molecule has 1 atom stereocenters. The molecule has 3 rings (SSSR count). The minimum Gasteiger partial charge on any atom is -0.476 e. The molecule has 0 bridgehead atoms. The molecule has 0 saturated heterocycles. The molecule has 0 saturated carbocycles. The lowest BCUT2D eigenvalue weighted by Crippen LogP contribution is -2.50. The fourth-order valence-electron chi connectivity index (χ4n) is 3.47. The molecular formula is C22H29N3O4S. The summed E-state index contributed by atoms with van der Waals surface area (Å²) in [6.07, 6.45) is -0.906. The zero-order valence-electron chi connectivity index (χ0n) is 17.7. The zero-order valence-corrected chi connectivity index (χ0v) is 18.5. The second-order valence-corrected chi connectivity index (χ2v) is 9.24. The summed E-state index contributed by atoms with van der Waals surface area (Å²) >= 11 is 0. The number of hydrogen-bond acceptors (Lipinski definition) is 5. The lowest BCUT2D eigenvalue weighted by Gasteiger charge is -2.34. The van der Waals surface area contributed by atoms with E-state index in [9.17, 15) is 13.2 Å². The van der Waals surface area contributed by atoms with Gasteiger partial charge in [-0.15, -0.1) is 0 Å². The van der Waals surface area contributed by atoms with Crippen LogP contribution in [0.15, 0.2) is 48.5 Å².